The van der Waals surface area contributed by atoms with E-state index in [0.29, 0.717) is 0 Å². The maximum atomic E-state index is 13.7. The lowest BCUT2D eigenvalue weighted by Gasteiger charge is -2.46. The first-order chi connectivity index (χ1) is 18.8. The summed E-state index contributed by atoms with van der Waals surface area (Å²) >= 11 is 0. The molecule has 0 atom stereocenters. The normalized spacial score (nSPS) is 17.2. The molecule has 0 saturated heterocycles. The van der Waals surface area contributed by atoms with E-state index in [1.54, 1.807) is 0 Å². The van der Waals surface area contributed by atoms with E-state index in [4.69, 9.17) is 0 Å². The molecule has 0 aliphatic heterocycles. The summed E-state index contributed by atoms with van der Waals surface area (Å²) in [6.07, 6.45) is -11.1. The molecule has 0 heterocycles. The second-order valence-electron chi connectivity index (χ2n) is 8.45. The van der Waals surface area contributed by atoms with Crippen LogP contribution in [0.2, 0.25) is 0 Å². The minimum Gasteiger partial charge on any atom is -0.200 e. The summed E-state index contributed by atoms with van der Waals surface area (Å²) in [5.41, 5.74) is 0. The fraction of sp³-hybridized carbons (Fsp3) is 1.00. The third-order valence-corrected chi connectivity index (χ3v) is 5.60. The van der Waals surface area contributed by atoms with Gasteiger partial charge in [-0.15, -0.1) is 0 Å². The lowest BCUT2D eigenvalue weighted by atomic mass is 9.83. The molecule has 0 bridgehead atoms. The molecular weight excluding hydrogens is 743 g/mol. The van der Waals surface area contributed by atoms with Crippen LogP contribution in [0, 0.1) is 0 Å². The van der Waals surface area contributed by atoms with Gasteiger partial charge in [0.25, 0.3) is 0 Å². The number of hydrogen-bond donors (Lipinski definition) is 0. The van der Waals surface area contributed by atoms with Gasteiger partial charge in [0.2, 0.25) is 0 Å². The van der Waals surface area contributed by atoms with E-state index in [9.17, 15) is 127 Å². The molecule has 0 fully saturated rings. The van der Waals surface area contributed by atoms with Crippen molar-refractivity contribution in [2.75, 3.05) is 0 Å². The molecule has 0 N–H and O–H groups in total. The van der Waals surface area contributed by atoms with E-state index in [-0.39, 0.29) is 6.92 Å². The maximum Gasteiger partial charge on any atom is 0.460 e. The summed E-state index contributed by atoms with van der Waals surface area (Å²) in [7, 11) is 0. The van der Waals surface area contributed by atoms with Gasteiger partial charge in [0, 0.05) is 6.42 Å². The second-order valence-corrected chi connectivity index (χ2v) is 8.45. The van der Waals surface area contributed by atoms with Crippen molar-refractivity contribution in [2.24, 2.45) is 0 Å². The quantitative estimate of drug-likeness (QED) is 0.165. The van der Waals surface area contributed by atoms with Gasteiger partial charge < -0.3 is 0 Å². The molecule has 0 rings (SSSR count). The van der Waals surface area contributed by atoms with E-state index in [1.807, 2.05) is 0 Å². The third-order valence-electron chi connectivity index (χ3n) is 5.60. The van der Waals surface area contributed by atoms with E-state index in [2.05, 4.69) is 0 Å². The topological polar surface area (TPSA) is 0 Å². The van der Waals surface area contributed by atoms with Crippen molar-refractivity contribution in [1.82, 2.24) is 0 Å². The van der Waals surface area contributed by atoms with Gasteiger partial charge in [-0.3, -0.25) is 0 Å². The Morgan fingerprint density at radius 2 is 0.356 bits per heavy atom. The van der Waals surface area contributed by atoms with Crippen molar-refractivity contribution in [1.29, 1.82) is 0 Å². The third kappa shape index (κ3) is 4.82. The lowest BCUT2D eigenvalue weighted by Crippen LogP contribution is -2.79. The van der Waals surface area contributed by atoms with Crippen LogP contribution in [0.1, 0.15) is 13.3 Å². The van der Waals surface area contributed by atoms with E-state index in [0.717, 1.165) is 0 Å². The van der Waals surface area contributed by atoms with Crippen LogP contribution in [0.3, 0.4) is 0 Å². The van der Waals surface area contributed by atoms with Crippen LogP contribution in [0.4, 0.5) is 127 Å². The fourth-order valence-corrected chi connectivity index (χ4v) is 2.60. The lowest BCUT2D eigenvalue weighted by molar-refractivity contribution is -0.487. The highest BCUT2D eigenvalue weighted by Crippen LogP contribution is 2.69. The first-order valence-electron chi connectivity index (χ1n) is 9.79. The summed E-state index contributed by atoms with van der Waals surface area (Å²) in [5, 5.41) is 0. The van der Waals surface area contributed by atoms with Crippen molar-refractivity contribution in [3.63, 3.8) is 0 Å². The monoisotopic (exact) mass is 748 g/mol. The Morgan fingerprint density at radius 3 is 0.489 bits per heavy atom. The van der Waals surface area contributed by atoms with Crippen molar-refractivity contribution in [2.45, 2.75) is 96.5 Å². The molecule has 272 valence electrons. The maximum absolute atomic E-state index is 13.7. The number of hydrogen-bond acceptors (Lipinski definition) is 0. The summed E-state index contributed by atoms with van der Waals surface area (Å²) in [5.74, 6) is -119. The molecule has 0 aromatic rings. The van der Waals surface area contributed by atoms with Gasteiger partial charge in [0.15, 0.2) is 0 Å². The molecule has 0 aliphatic rings. The van der Waals surface area contributed by atoms with Crippen LogP contribution in [0.5, 0.6) is 0 Å². The van der Waals surface area contributed by atoms with Crippen LogP contribution in [-0.4, -0.2) is 83.2 Å². The highest BCUT2D eigenvalue weighted by molar-refractivity contribution is 5.21. The Labute approximate surface area is 225 Å². The molecule has 0 nitrogen and oxygen atoms in total. The highest BCUT2D eigenvalue weighted by Gasteiger charge is 3.00. The molecule has 45 heavy (non-hydrogen) atoms. The first-order valence-corrected chi connectivity index (χ1v) is 9.79. The van der Waals surface area contributed by atoms with Gasteiger partial charge in [-0.1, -0.05) is 6.92 Å². The summed E-state index contributed by atoms with van der Waals surface area (Å²) in [6.45, 7) is -0.365. The van der Waals surface area contributed by atoms with Crippen molar-refractivity contribution in [3.05, 3.63) is 0 Å². The zero-order valence-electron chi connectivity index (χ0n) is 19.7. The van der Waals surface area contributed by atoms with Crippen LogP contribution < -0.4 is 0 Å². The van der Waals surface area contributed by atoms with Gasteiger partial charge in [-0.05, 0) is 0 Å². The predicted octanol–water partition coefficient (Wildman–Crippen LogP) is 10.2. The smallest absolute Gasteiger partial charge is 0.200 e. The SMILES string of the molecule is CCC(F)(F)C(F)(F)C(F)(F)C(F)(F)C(F)(F)C(F)(F)C(F)(F)C(F)(F)C(F)(F)C(F)(F)C(F)(F)C(F)(F)C(F)(F)C(F)(F)F. The van der Waals surface area contributed by atoms with Crippen LogP contribution in [0.15, 0.2) is 0 Å². The molecule has 0 unspecified atom stereocenters. The van der Waals surface area contributed by atoms with E-state index in [1.165, 1.54) is 0 Å². The molecule has 0 aromatic heterocycles. The van der Waals surface area contributed by atoms with Crippen molar-refractivity contribution >= 4 is 0 Å². The fourth-order valence-electron chi connectivity index (χ4n) is 2.60. The van der Waals surface area contributed by atoms with Gasteiger partial charge in [0.1, 0.15) is 0 Å². The standard InChI is InChI=1S/C16H5F29/c1-2-3(17,18)4(19,20)5(21,22)6(23,24)7(25,26)8(27,28)9(29,30)10(31,32)11(33,34)12(35,36)13(37,38)14(39,40)15(41,42)16(43,44)45/h2H2,1H3. The Bertz CT molecular complexity index is 1070. The van der Waals surface area contributed by atoms with Crippen LogP contribution in [-0.2, 0) is 0 Å². The van der Waals surface area contributed by atoms with Gasteiger partial charge in [-0.25, -0.2) is 0 Å². The number of alkyl halides is 29. The Kier molecular flexibility index (Phi) is 9.77. The number of rotatable bonds is 13. The largest absolute Gasteiger partial charge is 0.460 e. The molecule has 0 radical (unpaired) electrons. The van der Waals surface area contributed by atoms with Gasteiger partial charge >= 0.3 is 83.2 Å². The average Bonchev–Trinajstić information content (AvgIpc) is 2.81. The summed E-state index contributed by atoms with van der Waals surface area (Å²) in [4.78, 5) is 0. The molecule has 29 heteroatoms. The van der Waals surface area contributed by atoms with E-state index < -0.39 is 89.6 Å². The number of halogens is 29. The predicted molar refractivity (Wildman–Crippen MR) is 80.7 cm³/mol. The molecule has 0 amide bonds. The van der Waals surface area contributed by atoms with Crippen molar-refractivity contribution in [3.8, 4) is 0 Å². The van der Waals surface area contributed by atoms with Gasteiger partial charge in [-0.2, -0.15) is 127 Å². The first kappa shape index (κ1) is 43.0. The van der Waals surface area contributed by atoms with Crippen molar-refractivity contribution < 1.29 is 127 Å². The summed E-state index contributed by atoms with van der Waals surface area (Å²) in [6, 6.07) is 0. The molecular formula is C16H5F29. The minimum absolute atomic E-state index is 0.365. The molecule has 0 aliphatic carbocycles. The van der Waals surface area contributed by atoms with Gasteiger partial charge in [0.05, 0.1) is 0 Å². The summed E-state index contributed by atoms with van der Waals surface area (Å²) < 4.78 is 384. The minimum atomic E-state index is -9.90. The molecule has 0 saturated carbocycles. The van der Waals surface area contributed by atoms with Crippen LogP contribution in [0.25, 0.3) is 0 Å². The average molecular weight is 748 g/mol. The Balaban J connectivity index is 7.53. The molecule has 0 spiro atoms. The van der Waals surface area contributed by atoms with E-state index >= 15 is 0 Å². The molecule has 0 aromatic carbocycles. The zero-order chi connectivity index (χ0) is 37.7. The zero-order valence-corrected chi connectivity index (χ0v) is 19.7. The Hall–Kier alpha value is -2.03. The van der Waals surface area contributed by atoms with Crippen LogP contribution >= 0.6 is 0 Å². The Morgan fingerprint density at radius 1 is 0.222 bits per heavy atom. The second kappa shape index (κ2) is 10.2. The highest BCUT2D eigenvalue weighted by atomic mass is 19.4.